The molecule has 0 spiro atoms. The monoisotopic (exact) mass is 515 g/mol. The summed E-state index contributed by atoms with van der Waals surface area (Å²) in [4.78, 5) is 28.3. The molecule has 1 amide bonds. The highest BCUT2D eigenvalue weighted by Gasteiger charge is 2.16. The first-order valence-corrected chi connectivity index (χ1v) is 13.1. The topological polar surface area (TPSA) is 108 Å². The second-order valence-electron chi connectivity index (χ2n) is 7.90. The Labute approximate surface area is 213 Å². The van der Waals surface area contributed by atoms with Gasteiger partial charge in [-0.1, -0.05) is 31.7 Å². The quantitative estimate of drug-likeness (QED) is 0.202. The Balaban J connectivity index is 1.60. The van der Waals surface area contributed by atoms with Crippen molar-refractivity contribution in [2.24, 2.45) is 5.92 Å². The standard InChI is InChI=1S/C24H29N5O4S2/c1-5-11-29-22(17-7-9-19(10-8-17)33-13-16(3)4)27-28-24(29)35-15-20(30)26-23-25-18(14-34-23)12-21(31)32-6-2/h5,7-10,14,16H,1,6,11-13,15H2,2-4H3,(H,25,26,30). The number of esters is 1. The van der Waals surface area contributed by atoms with Crippen molar-refractivity contribution in [2.75, 3.05) is 24.3 Å². The summed E-state index contributed by atoms with van der Waals surface area (Å²) in [5.41, 5.74) is 1.46. The van der Waals surface area contributed by atoms with Gasteiger partial charge in [-0.2, -0.15) is 0 Å². The number of aromatic nitrogens is 4. The number of thiazole rings is 1. The van der Waals surface area contributed by atoms with Crippen LogP contribution in [0.1, 0.15) is 26.5 Å². The number of nitrogens with one attached hydrogen (secondary N) is 1. The average molecular weight is 516 g/mol. The minimum atomic E-state index is -0.346. The molecule has 3 aromatic rings. The second-order valence-corrected chi connectivity index (χ2v) is 9.70. The van der Waals surface area contributed by atoms with E-state index < -0.39 is 0 Å². The SMILES string of the molecule is C=CCn1c(SCC(=O)Nc2nc(CC(=O)OCC)cs2)nnc1-c1ccc(OCC(C)C)cc1. The summed E-state index contributed by atoms with van der Waals surface area (Å²) in [5.74, 6) is 1.49. The minimum Gasteiger partial charge on any atom is -0.493 e. The van der Waals surface area contributed by atoms with Gasteiger partial charge in [0.15, 0.2) is 16.1 Å². The van der Waals surface area contributed by atoms with Gasteiger partial charge in [-0.15, -0.1) is 28.1 Å². The number of amides is 1. The van der Waals surface area contributed by atoms with Crippen LogP contribution in [0.15, 0.2) is 47.5 Å². The van der Waals surface area contributed by atoms with Crippen LogP contribution in [-0.2, 0) is 27.3 Å². The highest BCUT2D eigenvalue weighted by molar-refractivity contribution is 7.99. The normalized spacial score (nSPS) is 10.9. The molecule has 9 nitrogen and oxygen atoms in total. The third kappa shape index (κ3) is 7.93. The van der Waals surface area contributed by atoms with Crippen molar-refractivity contribution in [1.29, 1.82) is 0 Å². The van der Waals surface area contributed by atoms with Gasteiger partial charge in [0, 0.05) is 17.5 Å². The molecular weight excluding hydrogens is 486 g/mol. The zero-order valence-corrected chi connectivity index (χ0v) is 21.7. The maximum atomic E-state index is 12.5. The van der Waals surface area contributed by atoms with Crippen molar-refractivity contribution in [3.63, 3.8) is 0 Å². The van der Waals surface area contributed by atoms with Crippen LogP contribution in [0.5, 0.6) is 5.75 Å². The molecular formula is C24H29N5O4S2. The highest BCUT2D eigenvalue weighted by atomic mass is 32.2. The van der Waals surface area contributed by atoms with E-state index in [2.05, 4.69) is 40.9 Å². The largest absolute Gasteiger partial charge is 0.493 e. The molecule has 0 unspecified atom stereocenters. The van der Waals surface area contributed by atoms with Crippen LogP contribution in [0.4, 0.5) is 5.13 Å². The molecule has 0 aliphatic heterocycles. The first-order chi connectivity index (χ1) is 16.9. The Hall–Kier alpha value is -3.18. The predicted molar refractivity (Wildman–Crippen MR) is 138 cm³/mol. The van der Waals surface area contributed by atoms with Gasteiger partial charge in [0.25, 0.3) is 0 Å². The van der Waals surface area contributed by atoms with E-state index >= 15 is 0 Å². The van der Waals surface area contributed by atoms with Crippen molar-refractivity contribution >= 4 is 40.1 Å². The maximum Gasteiger partial charge on any atom is 0.311 e. The molecule has 0 aliphatic rings. The molecule has 1 N–H and O–H groups in total. The molecule has 11 heteroatoms. The van der Waals surface area contributed by atoms with E-state index in [0.717, 1.165) is 11.3 Å². The van der Waals surface area contributed by atoms with Gasteiger partial charge in [-0.05, 0) is 37.1 Å². The predicted octanol–water partition coefficient (Wildman–Crippen LogP) is 4.46. The fourth-order valence-corrected chi connectivity index (χ4v) is 4.43. The fourth-order valence-electron chi connectivity index (χ4n) is 2.96. The Morgan fingerprint density at radius 3 is 2.71 bits per heavy atom. The first kappa shape index (κ1) is 26.4. The molecule has 0 aliphatic carbocycles. The summed E-state index contributed by atoms with van der Waals surface area (Å²) in [5, 5.41) is 14.1. The summed E-state index contributed by atoms with van der Waals surface area (Å²) in [6.07, 6.45) is 1.84. The van der Waals surface area contributed by atoms with E-state index in [1.807, 2.05) is 28.8 Å². The average Bonchev–Trinajstić information content (AvgIpc) is 3.43. The molecule has 0 bridgehead atoms. The maximum absolute atomic E-state index is 12.5. The van der Waals surface area contributed by atoms with Gasteiger partial charge in [0.1, 0.15) is 5.75 Å². The van der Waals surface area contributed by atoms with Crippen LogP contribution in [0.25, 0.3) is 11.4 Å². The molecule has 2 heterocycles. The number of hydrogen-bond donors (Lipinski definition) is 1. The number of benzene rings is 1. The number of thioether (sulfide) groups is 1. The zero-order valence-electron chi connectivity index (χ0n) is 20.0. The number of anilines is 1. The van der Waals surface area contributed by atoms with Crippen molar-refractivity contribution < 1.29 is 19.1 Å². The van der Waals surface area contributed by atoms with Crippen LogP contribution >= 0.6 is 23.1 Å². The minimum absolute atomic E-state index is 0.0766. The summed E-state index contributed by atoms with van der Waals surface area (Å²) in [6.45, 7) is 11.3. The van der Waals surface area contributed by atoms with E-state index in [4.69, 9.17) is 9.47 Å². The Bertz CT molecular complexity index is 1140. The number of hydrogen-bond acceptors (Lipinski definition) is 9. The van der Waals surface area contributed by atoms with E-state index in [-0.39, 0.29) is 24.1 Å². The number of nitrogens with zero attached hydrogens (tertiary/aromatic N) is 4. The lowest BCUT2D eigenvalue weighted by Gasteiger charge is -2.10. The Morgan fingerprint density at radius 2 is 2.03 bits per heavy atom. The molecule has 0 saturated carbocycles. The molecule has 0 radical (unpaired) electrons. The van der Waals surface area contributed by atoms with Crippen LogP contribution in [0.2, 0.25) is 0 Å². The summed E-state index contributed by atoms with van der Waals surface area (Å²) >= 11 is 2.54. The fraction of sp³-hybridized carbons (Fsp3) is 0.375. The van der Waals surface area contributed by atoms with Crippen LogP contribution < -0.4 is 10.1 Å². The van der Waals surface area contributed by atoms with Gasteiger partial charge in [0.05, 0.1) is 31.1 Å². The Morgan fingerprint density at radius 1 is 1.26 bits per heavy atom. The van der Waals surface area contributed by atoms with Gasteiger partial charge in [-0.25, -0.2) is 4.98 Å². The van der Waals surface area contributed by atoms with Gasteiger partial charge < -0.3 is 14.8 Å². The van der Waals surface area contributed by atoms with E-state index in [1.165, 1.54) is 23.1 Å². The first-order valence-electron chi connectivity index (χ1n) is 11.2. The molecule has 0 fully saturated rings. The van der Waals surface area contributed by atoms with Crippen molar-refractivity contribution in [2.45, 2.75) is 38.9 Å². The number of carbonyl (C=O) groups is 2. The van der Waals surface area contributed by atoms with Crippen LogP contribution in [0, 0.1) is 5.92 Å². The van der Waals surface area contributed by atoms with E-state index in [0.29, 0.717) is 47.5 Å². The molecule has 2 aromatic heterocycles. The van der Waals surface area contributed by atoms with E-state index in [1.54, 1.807) is 18.4 Å². The number of rotatable bonds is 13. The smallest absolute Gasteiger partial charge is 0.311 e. The molecule has 186 valence electrons. The van der Waals surface area contributed by atoms with Crippen LogP contribution in [0.3, 0.4) is 0 Å². The van der Waals surface area contributed by atoms with Gasteiger partial charge in [-0.3, -0.25) is 14.2 Å². The molecule has 3 rings (SSSR count). The molecule has 0 saturated heterocycles. The lowest BCUT2D eigenvalue weighted by Crippen LogP contribution is -2.15. The third-order valence-electron chi connectivity index (χ3n) is 4.49. The number of allylic oxidation sites excluding steroid dienone is 1. The lowest BCUT2D eigenvalue weighted by molar-refractivity contribution is -0.142. The van der Waals surface area contributed by atoms with Gasteiger partial charge >= 0.3 is 5.97 Å². The molecule has 35 heavy (non-hydrogen) atoms. The van der Waals surface area contributed by atoms with E-state index in [9.17, 15) is 9.59 Å². The van der Waals surface area contributed by atoms with Crippen molar-refractivity contribution in [1.82, 2.24) is 19.7 Å². The van der Waals surface area contributed by atoms with Gasteiger partial charge in [0.2, 0.25) is 5.91 Å². The second kappa shape index (κ2) is 13.1. The highest BCUT2D eigenvalue weighted by Crippen LogP contribution is 2.26. The summed E-state index contributed by atoms with van der Waals surface area (Å²) < 4.78 is 12.6. The lowest BCUT2D eigenvalue weighted by atomic mass is 10.2. The molecule has 1 aromatic carbocycles. The van der Waals surface area contributed by atoms with Crippen LogP contribution in [-0.4, -0.2) is 50.6 Å². The number of carbonyl (C=O) groups excluding carboxylic acids is 2. The Kier molecular flexibility index (Phi) is 9.86. The zero-order chi connectivity index (χ0) is 25.2. The number of ether oxygens (including phenoxy) is 2. The van der Waals surface area contributed by atoms with Crippen molar-refractivity contribution in [3.8, 4) is 17.1 Å². The summed E-state index contributed by atoms with van der Waals surface area (Å²) in [6, 6.07) is 7.71. The van der Waals surface area contributed by atoms with Crippen molar-refractivity contribution in [3.05, 3.63) is 48.0 Å². The summed E-state index contributed by atoms with van der Waals surface area (Å²) in [7, 11) is 0. The molecule has 0 atom stereocenters. The third-order valence-corrected chi connectivity index (χ3v) is 6.26.